The van der Waals surface area contributed by atoms with E-state index in [9.17, 15) is 0 Å². The summed E-state index contributed by atoms with van der Waals surface area (Å²) in [5.41, 5.74) is 2.22. The summed E-state index contributed by atoms with van der Waals surface area (Å²) >= 11 is 0. The van der Waals surface area contributed by atoms with Gasteiger partial charge in [-0.2, -0.15) is 4.98 Å². The van der Waals surface area contributed by atoms with E-state index in [0.717, 1.165) is 22.2 Å². The molecule has 0 radical (unpaired) electrons. The number of ether oxygens (including phenoxy) is 2. The fraction of sp³-hybridized carbons (Fsp3) is 0.158. The summed E-state index contributed by atoms with van der Waals surface area (Å²) in [7, 11) is 0. The Morgan fingerprint density at radius 1 is 1.04 bits per heavy atom. The van der Waals surface area contributed by atoms with Crippen molar-refractivity contribution < 1.29 is 14.0 Å². The molecule has 3 heterocycles. The van der Waals surface area contributed by atoms with Crippen LogP contribution in [0.4, 0.5) is 0 Å². The topological polar surface area (TPSA) is 73.2 Å². The molecule has 0 spiro atoms. The SMILES string of the molecule is c1ccc2c(c1)OC[C@@H](c1noc(Cc3c[nH]c4ccccc34)n1)O2. The van der Waals surface area contributed by atoms with Gasteiger partial charge >= 0.3 is 0 Å². The third-order valence-electron chi connectivity index (χ3n) is 4.30. The lowest BCUT2D eigenvalue weighted by molar-refractivity contribution is 0.0832. The van der Waals surface area contributed by atoms with Crippen molar-refractivity contribution in [2.45, 2.75) is 12.5 Å². The van der Waals surface area contributed by atoms with Gasteiger partial charge < -0.3 is 19.0 Å². The van der Waals surface area contributed by atoms with Gasteiger partial charge in [0, 0.05) is 17.1 Å². The molecular formula is C19H15N3O3. The first kappa shape index (κ1) is 14.1. The molecule has 1 aliphatic rings. The molecule has 1 aliphatic heterocycles. The van der Waals surface area contributed by atoms with Gasteiger partial charge in [0.25, 0.3) is 0 Å². The smallest absolute Gasteiger partial charge is 0.231 e. The van der Waals surface area contributed by atoms with E-state index in [2.05, 4.69) is 21.2 Å². The molecule has 0 bridgehead atoms. The fourth-order valence-corrected chi connectivity index (χ4v) is 3.06. The molecule has 4 aromatic rings. The van der Waals surface area contributed by atoms with Gasteiger partial charge in [0.2, 0.25) is 11.7 Å². The number of nitrogens with zero attached hydrogens (tertiary/aromatic N) is 2. The molecule has 0 unspecified atom stereocenters. The molecule has 124 valence electrons. The second kappa shape index (κ2) is 5.66. The number of aromatic nitrogens is 3. The normalized spacial score (nSPS) is 16.2. The lowest BCUT2D eigenvalue weighted by atomic mass is 10.1. The zero-order valence-electron chi connectivity index (χ0n) is 13.3. The maximum Gasteiger partial charge on any atom is 0.231 e. The van der Waals surface area contributed by atoms with Crippen molar-refractivity contribution in [3.05, 3.63) is 72.0 Å². The third kappa shape index (κ3) is 2.52. The standard InChI is InChI=1S/C19H15N3O3/c1-2-6-14-13(5-1)12(10-20-14)9-18-21-19(22-25-18)17-11-23-15-7-3-4-8-16(15)24-17/h1-8,10,17,20H,9,11H2/t17-/m0/s1. The molecule has 1 atom stereocenters. The number of hydrogen-bond acceptors (Lipinski definition) is 5. The molecule has 0 saturated heterocycles. The average molecular weight is 333 g/mol. The predicted molar refractivity (Wildman–Crippen MR) is 90.7 cm³/mol. The summed E-state index contributed by atoms with van der Waals surface area (Å²) in [6, 6.07) is 15.7. The number of benzene rings is 2. The summed E-state index contributed by atoms with van der Waals surface area (Å²) in [4.78, 5) is 7.75. The Morgan fingerprint density at radius 3 is 2.84 bits per heavy atom. The Balaban J connectivity index is 1.37. The minimum Gasteiger partial charge on any atom is -0.485 e. The fourth-order valence-electron chi connectivity index (χ4n) is 3.06. The summed E-state index contributed by atoms with van der Waals surface area (Å²) < 4.78 is 17.0. The van der Waals surface area contributed by atoms with E-state index in [4.69, 9.17) is 14.0 Å². The van der Waals surface area contributed by atoms with E-state index in [1.807, 2.05) is 48.7 Å². The molecule has 1 N–H and O–H groups in total. The molecule has 0 fully saturated rings. The van der Waals surface area contributed by atoms with Crippen molar-refractivity contribution in [2.75, 3.05) is 6.61 Å². The van der Waals surface area contributed by atoms with E-state index >= 15 is 0 Å². The van der Waals surface area contributed by atoms with Crippen LogP contribution in [-0.2, 0) is 6.42 Å². The number of rotatable bonds is 3. The maximum atomic E-state index is 5.92. The molecule has 2 aromatic heterocycles. The molecule has 0 saturated carbocycles. The van der Waals surface area contributed by atoms with Crippen molar-refractivity contribution >= 4 is 10.9 Å². The lowest BCUT2D eigenvalue weighted by Crippen LogP contribution is -2.22. The number of aromatic amines is 1. The van der Waals surface area contributed by atoms with E-state index < -0.39 is 0 Å². The molecule has 25 heavy (non-hydrogen) atoms. The Morgan fingerprint density at radius 2 is 1.88 bits per heavy atom. The van der Waals surface area contributed by atoms with E-state index in [0.29, 0.717) is 30.5 Å². The molecule has 6 heteroatoms. The van der Waals surface area contributed by atoms with Crippen LogP contribution < -0.4 is 9.47 Å². The Labute approximate surface area is 143 Å². The van der Waals surface area contributed by atoms with E-state index in [1.54, 1.807) is 0 Å². The first-order valence-corrected chi connectivity index (χ1v) is 8.13. The maximum absolute atomic E-state index is 5.92. The molecule has 0 amide bonds. The van der Waals surface area contributed by atoms with Crippen molar-refractivity contribution in [1.82, 2.24) is 15.1 Å². The first-order chi connectivity index (χ1) is 12.4. The van der Waals surface area contributed by atoms with Crippen LogP contribution in [0.5, 0.6) is 11.5 Å². The lowest BCUT2D eigenvalue weighted by Gasteiger charge is -2.24. The Bertz CT molecular complexity index is 1040. The van der Waals surface area contributed by atoms with Crippen LogP contribution in [0, 0.1) is 0 Å². The number of nitrogens with one attached hydrogen (secondary N) is 1. The monoisotopic (exact) mass is 333 g/mol. The van der Waals surface area contributed by atoms with Crippen LogP contribution in [0.3, 0.4) is 0 Å². The van der Waals surface area contributed by atoms with E-state index in [1.165, 1.54) is 0 Å². The van der Waals surface area contributed by atoms with Crippen LogP contribution in [0.15, 0.2) is 59.3 Å². The van der Waals surface area contributed by atoms with Gasteiger partial charge in [0.1, 0.15) is 6.61 Å². The van der Waals surface area contributed by atoms with Crippen molar-refractivity contribution in [3.8, 4) is 11.5 Å². The van der Waals surface area contributed by atoms with Crippen molar-refractivity contribution in [1.29, 1.82) is 0 Å². The highest BCUT2D eigenvalue weighted by atomic mass is 16.6. The highest BCUT2D eigenvalue weighted by molar-refractivity contribution is 5.83. The predicted octanol–water partition coefficient (Wildman–Crippen LogP) is 3.65. The zero-order chi connectivity index (χ0) is 16.6. The van der Waals surface area contributed by atoms with Crippen LogP contribution in [-0.4, -0.2) is 21.7 Å². The Kier molecular flexibility index (Phi) is 3.19. The number of H-pyrrole nitrogens is 1. The molecule has 2 aromatic carbocycles. The van der Waals surface area contributed by atoms with Gasteiger partial charge in [0.15, 0.2) is 17.6 Å². The van der Waals surface area contributed by atoms with Gasteiger partial charge in [-0.15, -0.1) is 0 Å². The van der Waals surface area contributed by atoms with Crippen molar-refractivity contribution in [2.24, 2.45) is 0 Å². The van der Waals surface area contributed by atoms with E-state index in [-0.39, 0.29) is 6.10 Å². The second-order valence-corrected chi connectivity index (χ2v) is 5.95. The quantitative estimate of drug-likeness (QED) is 0.619. The number of fused-ring (bicyclic) bond motifs is 2. The van der Waals surface area contributed by atoms with Crippen LogP contribution >= 0.6 is 0 Å². The molecule has 0 aliphatic carbocycles. The van der Waals surface area contributed by atoms with Crippen LogP contribution in [0.1, 0.15) is 23.4 Å². The molecule has 5 rings (SSSR count). The summed E-state index contributed by atoms with van der Waals surface area (Å²) in [5, 5.41) is 5.23. The molecule has 6 nitrogen and oxygen atoms in total. The molecular weight excluding hydrogens is 318 g/mol. The summed E-state index contributed by atoms with van der Waals surface area (Å²) in [6.45, 7) is 0.364. The third-order valence-corrected chi connectivity index (χ3v) is 4.30. The van der Waals surface area contributed by atoms with Crippen molar-refractivity contribution in [3.63, 3.8) is 0 Å². The summed E-state index contributed by atoms with van der Waals surface area (Å²) in [6.07, 6.45) is 2.18. The van der Waals surface area contributed by atoms with Crippen LogP contribution in [0.25, 0.3) is 10.9 Å². The second-order valence-electron chi connectivity index (χ2n) is 5.95. The van der Waals surface area contributed by atoms with Gasteiger partial charge in [-0.05, 0) is 23.8 Å². The van der Waals surface area contributed by atoms with Crippen LogP contribution in [0.2, 0.25) is 0 Å². The largest absolute Gasteiger partial charge is 0.485 e. The van der Waals surface area contributed by atoms with Gasteiger partial charge in [-0.1, -0.05) is 35.5 Å². The van der Waals surface area contributed by atoms with Gasteiger partial charge in [0.05, 0.1) is 6.42 Å². The highest BCUT2D eigenvalue weighted by Crippen LogP contribution is 2.35. The van der Waals surface area contributed by atoms with Gasteiger partial charge in [-0.3, -0.25) is 0 Å². The highest BCUT2D eigenvalue weighted by Gasteiger charge is 2.26. The average Bonchev–Trinajstić information content (AvgIpc) is 3.29. The number of hydrogen-bond donors (Lipinski definition) is 1. The number of para-hydroxylation sites is 3. The first-order valence-electron chi connectivity index (χ1n) is 8.13. The van der Waals surface area contributed by atoms with Gasteiger partial charge in [-0.25, -0.2) is 0 Å². The minimum absolute atomic E-state index is 0.364. The summed E-state index contributed by atoms with van der Waals surface area (Å²) in [5.74, 6) is 2.49. The zero-order valence-corrected chi connectivity index (χ0v) is 13.3. The Hall–Kier alpha value is -3.28. The minimum atomic E-state index is -0.365.